The molecule has 0 spiro atoms. The highest BCUT2D eigenvalue weighted by atomic mass is 16.5. The van der Waals surface area contributed by atoms with Crippen molar-refractivity contribution in [3.8, 4) is 22.9 Å². The van der Waals surface area contributed by atoms with Gasteiger partial charge in [0.25, 0.3) is 0 Å². The van der Waals surface area contributed by atoms with Gasteiger partial charge in [-0.25, -0.2) is 0 Å². The summed E-state index contributed by atoms with van der Waals surface area (Å²) >= 11 is 0. The quantitative estimate of drug-likeness (QED) is 0.723. The van der Waals surface area contributed by atoms with E-state index in [4.69, 9.17) is 9.47 Å². The van der Waals surface area contributed by atoms with E-state index >= 15 is 0 Å². The first-order chi connectivity index (χ1) is 9.83. The molecule has 0 aliphatic carbocycles. The lowest BCUT2D eigenvalue weighted by atomic mass is 10.2. The molecular formula is C16H16N2O2. The molecular weight excluding hydrogens is 252 g/mol. The molecule has 0 saturated heterocycles. The third-order valence-corrected chi connectivity index (χ3v) is 2.46. The van der Waals surface area contributed by atoms with E-state index in [1.165, 1.54) is 0 Å². The van der Waals surface area contributed by atoms with Crippen LogP contribution in [0.1, 0.15) is 0 Å². The standard InChI is InChI=1S/C16H16N2O2/c1-3-9-19-13-5-7-17-15(11-13)16-12-14(6-8-18-16)20-10-4-2/h3-8,11-12H,1-2,9-10H2. The molecule has 2 rings (SSSR count). The van der Waals surface area contributed by atoms with Gasteiger partial charge in [-0.3, -0.25) is 9.97 Å². The Morgan fingerprint density at radius 3 is 1.70 bits per heavy atom. The Morgan fingerprint density at radius 1 is 0.850 bits per heavy atom. The number of nitrogens with zero attached hydrogens (tertiary/aromatic N) is 2. The summed E-state index contributed by atoms with van der Waals surface area (Å²) < 4.78 is 11.0. The van der Waals surface area contributed by atoms with E-state index in [2.05, 4.69) is 23.1 Å². The molecule has 0 atom stereocenters. The van der Waals surface area contributed by atoms with Gasteiger partial charge in [-0.05, 0) is 12.1 Å². The highest BCUT2D eigenvalue weighted by Crippen LogP contribution is 2.22. The van der Waals surface area contributed by atoms with Gasteiger partial charge in [-0.1, -0.05) is 25.3 Å². The Kier molecular flexibility index (Phi) is 4.89. The SMILES string of the molecule is C=CCOc1ccnc(-c2cc(OCC=C)ccn2)c1. The lowest BCUT2D eigenvalue weighted by Gasteiger charge is -2.07. The van der Waals surface area contributed by atoms with Crippen LogP contribution in [0.4, 0.5) is 0 Å². The van der Waals surface area contributed by atoms with E-state index in [-0.39, 0.29) is 0 Å². The summed E-state index contributed by atoms with van der Waals surface area (Å²) in [4.78, 5) is 8.59. The molecule has 0 aliphatic heterocycles. The lowest BCUT2D eigenvalue weighted by molar-refractivity contribution is 0.362. The van der Waals surface area contributed by atoms with Crippen molar-refractivity contribution in [3.63, 3.8) is 0 Å². The summed E-state index contributed by atoms with van der Waals surface area (Å²) in [6.07, 6.45) is 6.77. The van der Waals surface area contributed by atoms with Gasteiger partial charge in [0, 0.05) is 24.5 Å². The molecule has 0 saturated carbocycles. The molecule has 4 heteroatoms. The smallest absolute Gasteiger partial charge is 0.123 e. The van der Waals surface area contributed by atoms with Gasteiger partial charge in [-0.15, -0.1) is 0 Å². The number of ether oxygens (including phenoxy) is 2. The molecule has 0 fully saturated rings. The topological polar surface area (TPSA) is 44.2 Å². The van der Waals surface area contributed by atoms with Gasteiger partial charge in [0.05, 0.1) is 11.4 Å². The monoisotopic (exact) mass is 268 g/mol. The first-order valence-electron chi connectivity index (χ1n) is 6.23. The Labute approximate surface area is 118 Å². The van der Waals surface area contributed by atoms with Crippen LogP contribution in [-0.4, -0.2) is 23.2 Å². The third kappa shape index (κ3) is 3.68. The highest BCUT2D eigenvalue weighted by molar-refractivity contribution is 5.57. The predicted molar refractivity (Wildman–Crippen MR) is 78.9 cm³/mol. The highest BCUT2D eigenvalue weighted by Gasteiger charge is 2.04. The molecule has 102 valence electrons. The van der Waals surface area contributed by atoms with E-state index in [1.807, 2.05) is 12.1 Å². The van der Waals surface area contributed by atoms with E-state index in [9.17, 15) is 0 Å². The van der Waals surface area contributed by atoms with Gasteiger partial charge in [0.1, 0.15) is 24.7 Å². The van der Waals surface area contributed by atoms with Crippen LogP contribution in [-0.2, 0) is 0 Å². The Hall–Kier alpha value is -2.62. The summed E-state index contributed by atoms with van der Waals surface area (Å²) in [5, 5.41) is 0. The van der Waals surface area contributed by atoms with E-state index in [0.29, 0.717) is 13.2 Å². The average Bonchev–Trinajstić information content (AvgIpc) is 2.51. The van der Waals surface area contributed by atoms with Crippen molar-refractivity contribution in [2.24, 2.45) is 0 Å². The Bertz CT molecular complexity index is 543. The largest absolute Gasteiger partial charge is 0.489 e. The summed E-state index contributed by atoms with van der Waals surface area (Å²) in [6, 6.07) is 7.27. The van der Waals surface area contributed by atoms with Gasteiger partial charge in [-0.2, -0.15) is 0 Å². The van der Waals surface area contributed by atoms with Crippen molar-refractivity contribution in [2.45, 2.75) is 0 Å². The fraction of sp³-hybridized carbons (Fsp3) is 0.125. The molecule has 0 aromatic carbocycles. The predicted octanol–water partition coefficient (Wildman–Crippen LogP) is 3.27. The summed E-state index contributed by atoms with van der Waals surface area (Å²) in [5.74, 6) is 1.46. The first-order valence-corrected chi connectivity index (χ1v) is 6.23. The molecule has 0 radical (unpaired) electrons. The first kappa shape index (κ1) is 13.8. The number of rotatable bonds is 7. The minimum absolute atomic E-state index is 0.458. The molecule has 2 aromatic rings. The molecule has 2 aromatic heterocycles. The van der Waals surface area contributed by atoms with Crippen LogP contribution in [0.2, 0.25) is 0 Å². The van der Waals surface area contributed by atoms with Crippen molar-refractivity contribution in [1.82, 2.24) is 9.97 Å². The van der Waals surface area contributed by atoms with E-state index in [1.54, 1.807) is 36.7 Å². The molecule has 20 heavy (non-hydrogen) atoms. The molecule has 0 N–H and O–H groups in total. The zero-order valence-electron chi connectivity index (χ0n) is 11.2. The fourth-order valence-electron chi connectivity index (χ4n) is 1.59. The molecule has 0 aliphatic rings. The molecule has 4 nitrogen and oxygen atoms in total. The van der Waals surface area contributed by atoms with Crippen LogP contribution in [0.15, 0.2) is 62.0 Å². The number of aromatic nitrogens is 2. The zero-order chi connectivity index (χ0) is 14.2. The second kappa shape index (κ2) is 7.09. The Balaban J connectivity index is 2.21. The normalized spacial score (nSPS) is 9.80. The molecule has 2 heterocycles. The van der Waals surface area contributed by atoms with Gasteiger partial charge in [0.2, 0.25) is 0 Å². The number of hydrogen-bond donors (Lipinski definition) is 0. The van der Waals surface area contributed by atoms with Crippen molar-refractivity contribution in [1.29, 1.82) is 0 Å². The molecule has 0 bridgehead atoms. The number of pyridine rings is 2. The van der Waals surface area contributed by atoms with Crippen LogP contribution in [0, 0.1) is 0 Å². The summed E-state index contributed by atoms with van der Waals surface area (Å²) in [5.41, 5.74) is 1.46. The fourth-order valence-corrected chi connectivity index (χ4v) is 1.59. The van der Waals surface area contributed by atoms with Crippen LogP contribution in [0.25, 0.3) is 11.4 Å². The number of hydrogen-bond acceptors (Lipinski definition) is 4. The average molecular weight is 268 g/mol. The van der Waals surface area contributed by atoms with E-state index < -0.39 is 0 Å². The minimum Gasteiger partial charge on any atom is -0.489 e. The van der Waals surface area contributed by atoms with Crippen molar-refractivity contribution < 1.29 is 9.47 Å². The van der Waals surface area contributed by atoms with Crippen LogP contribution in [0.5, 0.6) is 11.5 Å². The molecule has 0 unspecified atom stereocenters. The van der Waals surface area contributed by atoms with Crippen molar-refractivity contribution in [2.75, 3.05) is 13.2 Å². The Morgan fingerprint density at radius 2 is 1.30 bits per heavy atom. The van der Waals surface area contributed by atoms with Crippen molar-refractivity contribution >= 4 is 0 Å². The summed E-state index contributed by atoms with van der Waals surface area (Å²) in [6.45, 7) is 8.15. The summed E-state index contributed by atoms with van der Waals surface area (Å²) in [7, 11) is 0. The maximum absolute atomic E-state index is 5.48. The molecule has 0 amide bonds. The van der Waals surface area contributed by atoms with Crippen molar-refractivity contribution in [3.05, 3.63) is 62.0 Å². The zero-order valence-corrected chi connectivity index (χ0v) is 11.2. The second-order valence-electron chi connectivity index (χ2n) is 3.95. The minimum atomic E-state index is 0.458. The van der Waals surface area contributed by atoms with Crippen LogP contribution >= 0.6 is 0 Å². The van der Waals surface area contributed by atoms with Gasteiger partial charge in [0.15, 0.2) is 0 Å². The van der Waals surface area contributed by atoms with Gasteiger partial charge < -0.3 is 9.47 Å². The maximum Gasteiger partial charge on any atom is 0.123 e. The maximum atomic E-state index is 5.48. The lowest BCUT2D eigenvalue weighted by Crippen LogP contribution is -1.96. The van der Waals surface area contributed by atoms with Crippen LogP contribution in [0.3, 0.4) is 0 Å². The van der Waals surface area contributed by atoms with E-state index in [0.717, 1.165) is 22.9 Å². The third-order valence-electron chi connectivity index (χ3n) is 2.46. The van der Waals surface area contributed by atoms with Crippen LogP contribution < -0.4 is 9.47 Å². The second-order valence-corrected chi connectivity index (χ2v) is 3.95. The van der Waals surface area contributed by atoms with Gasteiger partial charge >= 0.3 is 0 Å².